The molecule has 0 aliphatic rings. The molecule has 5 heteroatoms. The van der Waals surface area contributed by atoms with E-state index in [-0.39, 0.29) is 0 Å². The van der Waals surface area contributed by atoms with E-state index in [9.17, 15) is 13.2 Å². The molecule has 0 spiro atoms. The van der Waals surface area contributed by atoms with Gasteiger partial charge >= 0.3 is 6.18 Å². The zero-order chi connectivity index (χ0) is 14.8. The molecular formula is C15H12BrF3O. The molecule has 1 nitrogen and oxygen atoms in total. The summed E-state index contributed by atoms with van der Waals surface area (Å²) in [5.41, 5.74) is 1.08. The highest BCUT2D eigenvalue weighted by Crippen LogP contribution is 2.30. The van der Waals surface area contributed by atoms with Gasteiger partial charge in [-0.15, -0.1) is 0 Å². The average molecular weight is 345 g/mol. The Balaban J connectivity index is 2.24. The molecule has 20 heavy (non-hydrogen) atoms. The maximum Gasteiger partial charge on any atom is 0.416 e. The molecule has 0 unspecified atom stereocenters. The highest BCUT2D eigenvalue weighted by atomic mass is 79.9. The topological polar surface area (TPSA) is 9.23 Å². The standard InChI is InChI=1S/C15H12BrF3O/c1-20-14-7-6-13(16)9-11(14)8-10-2-4-12(5-3-10)15(17,18)19/h2-7,9H,8H2,1H3. The van der Waals surface area contributed by atoms with E-state index >= 15 is 0 Å². The summed E-state index contributed by atoms with van der Waals surface area (Å²) < 4.78 is 43.6. The Morgan fingerprint density at radius 3 is 2.25 bits per heavy atom. The first-order valence-corrected chi connectivity index (χ1v) is 6.68. The second kappa shape index (κ2) is 5.87. The molecule has 0 heterocycles. The molecule has 0 bridgehead atoms. The van der Waals surface area contributed by atoms with E-state index in [2.05, 4.69) is 15.9 Å². The third-order valence-corrected chi connectivity index (χ3v) is 3.41. The fourth-order valence-electron chi connectivity index (χ4n) is 1.92. The summed E-state index contributed by atoms with van der Waals surface area (Å²) in [7, 11) is 1.57. The molecule has 0 aliphatic heterocycles. The molecule has 2 aromatic carbocycles. The van der Waals surface area contributed by atoms with E-state index in [1.807, 2.05) is 18.2 Å². The molecule has 0 fully saturated rings. The largest absolute Gasteiger partial charge is 0.496 e. The molecule has 0 aromatic heterocycles. The lowest BCUT2D eigenvalue weighted by Crippen LogP contribution is -2.04. The maximum absolute atomic E-state index is 12.5. The van der Waals surface area contributed by atoms with Crippen LogP contribution in [0.4, 0.5) is 13.2 Å². The lowest BCUT2D eigenvalue weighted by molar-refractivity contribution is -0.137. The zero-order valence-corrected chi connectivity index (χ0v) is 12.3. The summed E-state index contributed by atoms with van der Waals surface area (Å²) >= 11 is 3.37. The van der Waals surface area contributed by atoms with Crippen LogP contribution in [0.15, 0.2) is 46.9 Å². The van der Waals surface area contributed by atoms with Crippen LogP contribution in [0.25, 0.3) is 0 Å². The Hall–Kier alpha value is -1.49. The molecule has 2 aromatic rings. The number of rotatable bonds is 3. The molecule has 0 radical (unpaired) electrons. The third kappa shape index (κ3) is 3.54. The SMILES string of the molecule is COc1ccc(Br)cc1Cc1ccc(C(F)(F)F)cc1. The lowest BCUT2D eigenvalue weighted by Gasteiger charge is -2.10. The third-order valence-electron chi connectivity index (χ3n) is 2.92. The minimum absolute atomic E-state index is 0.515. The molecule has 0 N–H and O–H groups in total. The molecule has 0 amide bonds. The Bertz CT molecular complexity index is 591. The average Bonchev–Trinajstić information content (AvgIpc) is 2.38. The van der Waals surface area contributed by atoms with Crippen molar-refractivity contribution in [2.45, 2.75) is 12.6 Å². The van der Waals surface area contributed by atoms with Crippen molar-refractivity contribution >= 4 is 15.9 Å². The molecule has 106 valence electrons. The summed E-state index contributed by atoms with van der Waals surface area (Å²) in [6, 6.07) is 10.8. The van der Waals surface area contributed by atoms with E-state index in [1.54, 1.807) is 7.11 Å². The molecule has 0 atom stereocenters. The van der Waals surface area contributed by atoms with Crippen LogP contribution in [-0.2, 0) is 12.6 Å². The highest BCUT2D eigenvalue weighted by Gasteiger charge is 2.29. The monoisotopic (exact) mass is 344 g/mol. The van der Waals surface area contributed by atoms with E-state index in [1.165, 1.54) is 12.1 Å². The lowest BCUT2D eigenvalue weighted by atomic mass is 10.0. The van der Waals surface area contributed by atoms with E-state index in [0.29, 0.717) is 12.2 Å². The van der Waals surface area contributed by atoms with Gasteiger partial charge in [-0.3, -0.25) is 0 Å². The number of halogens is 4. The first kappa shape index (κ1) is 14.9. The van der Waals surface area contributed by atoms with Crippen molar-refractivity contribution < 1.29 is 17.9 Å². The van der Waals surface area contributed by atoms with Gasteiger partial charge in [0.05, 0.1) is 12.7 Å². The predicted octanol–water partition coefficient (Wildman–Crippen LogP) is 5.07. The van der Waals surface area contributed by atoms with Gasteiger partial charge in [0.15, 0.2) is 0 Å². The minimum atomic E-state index is -4.30. The number of methoxy groups -OCH3 is 1. The highest BCUT2D eigenvalue weighted by molar-refractivity contribution is 9.10. The minimum Gasteiger partial charge on any atom is -0.496 e. The van der Waals surface area contributed by atoms with Gasteiger partial charge in [-0.25, -0.2) is 0 Å². The van der Waals surface area contributed by atoms with Gasteiger partial charge in [0.1, 0.15) is 5.75 Å². The van der Waals surface area contributed by atoms with E-state index < -0.39 is 11.7 Å². The molecule has 0 saturated heterocycles. The van der Waals surface area contributed by atoms with Gasteiger partial charge in [-0.05, 0) is 41.5 Å². The Morgan fingerprint density at radius 2 is 1.70 bits per heavy atom. The first-order chi connectivity index (χ1) is 9.40. The van der Waals surface area contributed by atoms with E-state index in [0.717, 1.165) is 27.7 Å². The molecule has 0 saturated carbocycles. The Kier molecular flexibility index (Phi) is 4.38. The fourth-order valence-corrected chi connectivity index (χ4v) is 2.33. The Labute approximate surface area is 123 Å². The fraction of sp³-hybridized carbons (Fsp3) is 0.200. The van der Waals surface area contributed by atoms with Gasteiger partial charge in [-0.2, -0.15) is 13.2 Å². The number of hydrogen-bond donors (Lipinski definition) is 0. The second-order valence-electron chi connectivity index (χ2n) is 4.33. The van der Waals surface area contributed by atoms with Gasteiger partial charge in [0, 0.05) is 10.9 Å². The van der Waals surface area contributed by atoms with Crippen LogP contribution in [0.1, 0.15) is 16.7 Å². The molecular weight excluding hydrogens is 333 g/mol. The van der Waals surface area contributed by atoms with Crippen LogP contribution in [0.5, 0.6) is 5.75 Å². The van der Waals surface area contributed by atoms with Crippen LogP contribution >= 0.6 is 15.9 Å². The number of alkyl halides is 3. The van der Waals surface area contributed by atoms with Crippen molar-refractivity contribution in [3.8, 4) is 5.75 Å². The molecule has 0 aliphatic carbocycles. The second-order valence-corrected chi connectivity index (χ2v) is 5.24. The van der Waals surface area contributed by atoms with Crippen LogP contribution in [-0.4, -0.2) is 7.11 Å². The summed E-state index contributed by atoms with van der Waals surface area (Å²) in [5.74, 6) is 0.716. The van der Waals surface area contributed by atoms with Crippen molar-refractivity contribution in [3.05, 3.63) is 63.6 Å². The number of ether oxygens (including phenoxy) is 1. The van der Waals surface area contributed by atoms with Crippen LogP contribution in [0.3, 0.4) is 0 Å². The number of benzene rings is 2. The smallest absolute Gasteiger partial charge is 0.416 e. The van der Waals surface area contributed by atoms with Crippen molar-refractivity contribution in [3.63, 3.8) is 0 Å². The zero-order valence-electron chi connectivity index (χ0n) is 10.7. The maximum atomic E-state index is 12.5. The predicted molar refractivity (Wildman–Crippen MR) is 74.9 cm³/mol. The van der Waals surface area contributed by atoms with Crippen molar-refractivity contribution in [1.82, 2.24) is 0 Å². The van der Waals surface area contributed by atoms with Gasteiger partial charge < -0.3 is 4.74 Å². The van der Waals surface area contributed by atoms with E-state index in [4.69, 9.17) is 4.74 Å². The van der Waals surface area contributed by atoms with Crippen LogP contribution < -0.4 is 4.74 Å². The normalized spacial score (nSPS) is 11.4. The van der Waals surface area contributed by atoms with Crippen molar-refractivity contribution in [2.24, 2.45) is 0 Å². The first-order valence-electron chi connectivity index (χ1n) is 5.88. The summed E-state index contributed by atoms with van der Waals surface area (Å²) in [5, 5.41) is 0. The quantitative estimate of drug-likeness (QED) is 0.755. The Morgan fingerprint density at radius 1 is 1.05 bits per heavy atom. The summed E-state index contributed by atoms with van der Waals surface area (Å²) in [4.78, 5) is 0. The van der Waals surface area contributed by atoms with Crippen molar-refractivity contribution in [1.29, 1.82) is 0 Å². The number of hydrogen-bond acceptors (Lipinski definition) is 1. The summed E-state index contributed by atoms with van der Waals surface area (Å²) in [6.07, 6.45) is -3.78. The van der Waals surface area contributed by atoms with Gasteiger partial charge in [0.25, 0.3) is 0 Å². The van der Waals surface area contributed by atoms with Crippen molar-refractivity contribution in [2.75, 3.05) is 7.11 Å². The summed E-state index contributed by atoms with van der Waals surface area (Å²) in [6.45, 7) is 0. The van der Waals surface area contributed by atoms with Crippen LogP contribution in [0, 0.1) is 0 Å². The van der Waals surface area contributed by atoms with Gasteiger partial charge in [-0.1, -0.05) is 28.1 Å². The van der Waals surface area contributed by atoms with Crippen LogP contribution in [0.2, 0.25) is 0 Å². The van der Waals surface area contributed by atoms with Gasteiger partial charge in [0.2, 0.25) is 0 Å². The molecule has 2 rings (SSSR count).